The number of ketones is 1. The number of nitriles is 1. The zero-order chi connectivity index (χ0) is 14.0. The molecule has 0 saturated carbocycles. The fourth-order valence-electron chi connectivity index (χ4n) is 1.80. The van der Waals surface area contributed by atoms with Crippen LogP contribution < -0.4 is 5.73 Å². The number of anilines is 1. The average molecular weight is 271 g/mol. The molecule has 0 bridgehead atoms. The summed E-state index contributed by atoms with van der Waals surface area (Å²) >= 11 is 6.03. The third kappa shape index (κ3) is 2.59. The smallest absolute Gasteiger partial charge is 0.194 e. The second-order valence-electron chi connectivity index (χ2n) is 4.21. The molecule has 94 valence electrons. The topological polar surface area (TPSA) is 66.9 Å². The molecule has 4 heteroatoms. The molecule has 3 nitrogen and oxygen atoms in total. The minimum Gasteiger partial charge on any atom is -0.399 e. The SMILES string of the molecule is Cc1ccc(C#N)cc1C(=O)c1ccc(N)cc1Cl. The second-order valence-corrected chi connectivity index (χ2v) is 4.62. The Labute approximate surface area is 116 Å². The molecule has 0 aromatic heterocycles. The van der Waals surface area contributed by atoms with Gasteiger partial charge in [-0.1, -0.05) is 17.7 Å². The van der Waals surface area contributed by atoms with Crippen LogP contribution in [0.4, 0.5) is 5.69 Å². The van der Waals surface area contributed by atoms with Gasteiger partial charge in [-0.2, -0.15) is 5.26 Å². The maximum atomic E-state index is 12.4. The van der Waals surface area contributed by atoms with Crippen molar-refractivity contribution in [3.8, 4) is 6.07 Å². The molecule has 0 radical (unpaired) electrons. The normalized spacial score (nSPS) is 9.95. The highest BCUT2D eigenvalue weighted by Gasteiger charge is 2.15. The highest BCUT2D eigenvalue weighted by atomic mass is 35.5. The summed E-state index contributed by atoms with van der Waals surface area (Å²) in [5.41, 5.74) is 8.22. The first-order valence-electron chi connectivity index (χ1n) is 5.63. The van der Waals surface area contributed by atoms with Gasteiger partial charge in [-0.25, -0.2) is 0 Å². The summed E-state index contributed by atoms with van der Waals surface area (Å²) in [4.78, 5) is 12.4. The molecule has 0 amide bonds. The van der Waals surface area contributed by atoms with Gasteiger partial charge in [0.15, 0.2) is 5.78 Å². The van der Waals surface area contributed by atoms with E-state index in [1.807, 2.05) is 13.0 Å². The summed E-state index contributed by atoms with van der Waals surface area (Å²) in [6.07, 6.45) is 0. The molecule has 0 spiro atoms. The maximum absolute atomic E-state index is 12.4. The van der Waals surface area contributed by atoms with Gasteiger partial charge in [0.1, 0.15) is 0 Å². The highest BCUT2D eigenvalue weighted by molar-refractivity contribution is 6.35. The van der Waals surface area contributed by atoms with Crippen LogP contribution in [0.3, 0.4) is 0 Å². The molecule has 2 rings (SSSR count). The van der Waals surface area contributed by atoms with Crippen LogP contribution in [0.1, 0.15) is 27.0 Å². The van der Waals surface area contributed by atoms with Gasteiger partial charge >= 0.3 is 0 Å². The van der Waals surface area contributed by atoms with E-state index >= 15 is 0 Å². The van der Waals surface area contributed by atoms with Crippen LogP contribution in [-0.2, 0) is 0 Å². The molecule has 0 atom stereocenters. The van der Waals surface area contributed by atoms with Gasteiger partial charge in [0.05, 0.1) is 16.7 Å². The maximum Gasteiger partial charge on any atom is 0.194 e. The van der Waals surface area contributed by atoms with Gasteiger partial charge in [-0.3, -0.25) is 4.79 Å². The van der Waals surface area contributed by atoms with E-state index in [2.05, 4.69) is 0 Å². The van der Waals surface area contributed by atoms with Gasteiger partial charge in [0.25, 0.3) is 0 Å². The number of carbonyl (C=O) groups is 1. The number of nitrogens with two attached hydrogens (primary N) is 1. The highest BCUT2D eigenvalue weighted by Crippen LogP contribution is 2.24. The first-order valence-corrected chi connectivity index (χ1v) is 6.01. The lowest BCUT2D eigenvalue weighted by molar-refractivity contribution is 0.103. The molecule has 0 heterocycles. The average Bonchev–Trinajstić information content (AvgIpc) is 2.38. The number of halogens is 1. The quantitative estimate of drug-likeness (QED) is 0.672. The summed E-state index contributed by atoms with van der Waals surface area (Å²) in [6.45, 7) is 1.82. The van der Waals surface area contributed by atoms with Crippen LogP contribution in [-0.4, -0.2) is 5.78 Å². The van der Waals surface area contributed by atoms with E-state index in [9.17, 15) is 4.79 Å². The van der Waals surface area contributed by atoms with E-state index in [1.54, 1.807) is 30.3 Å². The Morgan fingerprint density at radius 1 is 1.21 bits per heavy atom. The van der Waals surface area contributed by atoms with Gasteiger partial charge in [0.2, 0.25) is 0 Å². The Hall–Kier alpha value is -2.31. The fourth-order valence-corrected chi connectivity index (χ4v) is 2.07. The van der Waals surface area contributed by atoms with Crippen LogP contribution >= 0.6 is 11.6 Å². The molecule has 0 aliphatic rings. The molecule has 0 aliphatic carbocycles. The van der Waals surface area contributed by atoms with E-state index in [1.165, 1.54) is 6.07 Å². The van der Waals surface area contributed by atoms with Gasteiger partial charge in [-0.15, -0.1) is 0 Å². The van der Waals surface area contributed by atoms with Gasteiger partial charge < -0.3 is 5.73 Å². The lowest BCUT2D eigenvalue weighted by Gasteiger charge is -2.07. The monoisotopic (exact) mass is 270 g/mol. The van der Waals surface area contributed by atoms with Crippen LogP contribution in [0, 0.1) is 18.3 Å². The van der Waals surface area contributed by atoms with Crippen LogP contribution in [0.2, 0.25) is 5.02 Å². The summed E-state index contributed by atoms with van der Waals surface area (Å²) in [6, 6.07) is 11.8. The third-order valence-corrected chi connectivity index (χ3v) is 3.16. The minimum atomic E-state index is -0.209. The molecule has 0 aliphatic heterocycles. The molecule has 0 unspecified atom stereocenters. The van der Waals surface area contributed by atoms with Crippen molar-refractivity contribution in [3.63, 3.8) is 0 Å². The van der Waals surface area contributed by atoms with Crippen molar-refractivity contribution in [1.82, 2.24) is 0 Å². The van der Waals surface area contributed by atoms with Crippen molar-refractivity contribution in [1.29, 1.82) is 5.26 Å². The van der Waals surface area contributed by atoms with E-state index in [0.717, 1.165) is 5.56 Å². The standard InChI is InChI=1S/C15H11ClN2O/c1-9-2-3-10(8-17)6-13(9)15(19)12-5-4-11(18)7-14(12)16/h2-7H,18H2,1H3. The predicted molar refractivity (Wildman–Crippen MR) is 75.2 cm³/mol. The van der Waals surface area contributed by atoms with Gasteiger partial charge in [-0.05, 0) is 42.8 Å². The fraction of sp³-hybridized carbons (Fsp3) is 0.0667. The molecule has 19 heavy (non-hydrogen) atoms. The molecule has 0 fully saturated rings. The lowest BCUT2D eigenvalue weighted by Crippen LogP contribution is -2.05. The Morgan fingerprint density at radius 3 is 2.58 bits per heavy atom. The largest absolute Gasteiger partial charge is 0.399 e. The van der Waals surface area contributed by atoms with E-state index in [4.69, 9.17) is 22.6 Å². The van der Waals surface area contributed by atoms with Crippen LogP contribution in [0.25, 0.3) is 0 Å². The Kier molecular flexibility index (Phi) is 3.55. The Bertz CT molecular complexity index is 702. The van der Waals surface area contributed by atoms with E-state index < -0.39 is 0 Å². The zero-order valence-electron chi connectivity index (χ0n) is 10.3. The van der Waals surface area contributed by atoms with Crippen molar-refractivity contribution in [2.24, 2.45) is 0 Å². The molecular weight excluding hydrogens is 260 g/mol. The Balaban J connectivity index is 2.53. The van der Waals surface area contributed by atoms with Gasteiger partial charge in [0, 0.05) is 16.8 Å². The van der Waals surface area contributed by atoms with Crippen LogP contribution in [0.15, 0.2) is 36.4 Å². The number of benzene rings is 2. The van der Waals surface area contributed by atoms with E-state index in [-0.39, 0.29) is 5.78 Å². The van der Waals surface area contributed by atoms with Crippen molar-refractivity contribution < 1.29 is 4.79 Å². The molecule has 2 N–H and O–H groups in total. The first-order chi connectivity index (χ1) is 9.02. The lowest BCUT2D eigenvalue weighted by atomic mass is 9.97. The van der Waals surface area contributed by atoms with Crippen molar-refractivity contribution >= 4 is 23.1 Å². The third-order valence-electron chi connectivity index (χ3n) is 2.85. The number of nitrogens with zero attached hydrogens (tertiary/aromatic N) is 1. The molecule has 2 aromatic carbocycles. The van der Waals surface area contributed by atoms with Crippen molar-refractivity contribution in [3.05, 3.63) is 63.7 Å². The van der Waals surface area contributed by atoms with E-state index in [0.29, 0.717) is 27.4 Å². The summed E-state index contributed by atoms with van der Waals surface area (Å²) in [5.74, 6) is -0.209. The summed E-state index contributed by atoms with van der Waals surface area (Å²) in [7, 11) is 0. The number of rotatable bonds is 2. The number of carbonyl (C=O) groups excluding carboxylic acids is 1. The zero-order valence-corrected chi connectivity index (χ0v) is 11.0. The predicted octanol–water partition coefficient (Wildman–Crippen LogP) is 3.33. The minimum absolute atomic E-state index is 0.209. The van der Waals surface area contributed by atoms with Crippen molar-refractivity contribution in [2.75, 3.05) is 5.73 Å². The number of hydrogen-bond donors (Lipinski definition) is 1. The summed E-state index contributed by atoms with van der Waals surface area (Å²) < 4.78 is 0. The summed E-state index contributed by atoms with van der Waals surface area (Å²) in [5, 5.41) is 9.20. The molecule has 2 aromatic rings. The number of nitrogen functional groups attached to an aromatic ring is 1. The number of hydrogen-bond acceptors (Lipinski definition) is 3. The number of aryl methyl sites for hydroxylation is 1. The second kappa shape index (κ2) is 5.13. The van der Waals surface area contributed by atoms with Crippen LogP contribution in [0.5, 0.6) is 0 Å². The molecular formula is C15H11ClN2O. The first kappa shape index (κ1) is 13.1. The molecule has 0 saturated heterocycles. The van der Waals surface area contributed by atoms with Crippen molar-refractivity contribution in [2.45, 2.75) is 6.92 Å². The Morgan fingerprint density at radius 2 is 1.95 bits per heavy atom.